The Kier molecular flexibility index (Phi) is 8.81. The molecule has 0 aromatic rings. The maximum atomic E-state index is 11.2. The Hall–Kier alpha value is -0.900. The van der Waals surface area contributed by atoms with Gasteiger partial charge in [-0.15, -0.1) is 0 Å². The SMILES string of the molecule is CCCC(C)COCC(=O)CC(=O)OCC. The lowest BCUT2D eigenvalue weighted by molar-refractivity contribution is -0.146. The highest BCUT2D eigenvalue weighted by atomic mass is 16.5. The summed E-state index contributed by atoms with van der Waals surface area (Å²) in [5, 5.41) is 0. The maximum Gasteiger partial charge on any atom is 0.313 e. The van der Waals surface area contributed by atoms with E-state index >= 15 is 0 Å². The van der Waals surface area contributed by atoms with Gasteiger partial charge in [-0.05, 0) is 19.3 Å². The number of rotatable bonds is 9. The summed E-state index contributed by atoms with van der Waals surface area (Å²) >= 11 is 0. The summed E-state index contributed by atoms with van der Waals surface area (Å²) in [6.07, 6.45) is 2.02. The quantitative estimate of drug-likeness (QED) is 0.449. The van der Waals surface area contributed by atoms with Crippen molar-refractivity contribution in [1.29, 1.82) is 0 Å². The van der Waals surface area contributed by atoms with E-state index in [0.717, 1.165) is 12.8 Å². The molecular formula is C12H22O4. The van der Waals surface area contributed by atoms with Crippen molar-refractivity contribution in [2.75, 3.05) is 19.8 Å². The van der Waals surface area contributed by atoms with Gasteiger partial charge in [0.2, 0.25) is 0 Å². The van der Waals surface area contributed by atoms with E-state index in [9.17, 15) is 9.59 Å². The van der Waals surface area contributed by atoms with Gasteiger partial charge in [-0.25, -0.2) is 0 Å². The number of carbonyl (C=O) groups excluding carboxylic acids is 2. The fourth-order valence-electron chi connectivity index (χ4n) is 1.37. The lowest BCUT2D eigenvalue weighted by atomic mass is 10.1. The first-order valence-corrected chi connectivity index (χ1v) is 5.85. The molecule has 16 heavy (non-hydrogen) atoms. The van der Waals surface area contributed by atoms with E-state index < -0.39 is 5.97 Å². The molecule has 4 heteroatoms. The lowest BCUT2D eigenvalue weighted by Gasteiger charge is -2.09. The van der Waals surface area contributed by atoms with Crippen LogP contribution in [0.2, 0.25) is 0 Å². The van der Waals surface area contributed by atoms with Gasteiger partial charge in [0.1, 0.15) is 13.0 Å². The van der Waals surface area contributed by atoms with Crippen molar-refractivity contribution in [3.05, 3.63) is 0 Å². The lowest BCUT2D eigenvalue weighted by Crippen LogP contribution is -2.17. The standard InChI is InChI=1S/C12H22O4/c1-4-6-10(3)8-15-9-11(13)7-12(14)16-5-2/h10H,4-9H2,1-3H3. The van der Waals surface area contributed by atoms with Crippen LogP contribution in [0.1, 0.15) is 40.0 Å². The van der Waals surface area contributed by atoms with Crippen LogP contribution < -0.4 is 0 Å². The molecule has 1 atom stereocenters. The molecule has 94 valence electrons. The second-order valence-corrected chi connectivity index (χ2v) is 3.93. The number of hydrogen-bond donors (Lipinski definition) is 0. The average Bonchev–Trinajstić information content (AvgIpc) is 2.18. The molecule has 0 aliphatic rings. The summed E-state index contributed by atoms with van der Waals surface area (Å²) in [6, 6.07) is 0. The van der Waals surface area contributed by atoms with E-state index in [2.05, 4.69) is 18.6 Å². The highest BCUT2D eigenvalue weighted by Gasteiger charge is 2.10. The Labute approximate surface area is 97.3 Å². The maximum absolute atomic E-state index is 11.2. The summed E-state index contributed by atoms with van der Waals surface area (Å²) < 4.78 is 9.89. The number of Topliss-reactive ketones (excluding diaryl/α,β-unsaturated/α-hetero) is 1. The minimum Gasteiger partial charge on any atom is -0.466 e. The first-order valence-electron chi connectivity index (χ1n) is 5.85. The Morgan fingerprint density at radius 3 is 2.50 bits per heavy atom. The van der Waals surface area contributed by atoms with Crippen molar-refractivity contribution in [2.24, 2.45) is 5.92 Å². The van der Waals surface area contributed by atoms with Gasteiger partial charge >= 0.3 is 5.97 Å². The Morgan fingerprint density at radius 1 is 1.25 bits per heavy atom. The second-order valence-electron chi connectivity index (χ2n) is 3.93. The molecule has 0 fully saturated rings. The third-order valence-electron chi connectivity index (χ3n) is 2.09. The van der Waals surface area contributed by atoms with Crippen molar-refractivity contribution < 1.29 is 19.1 Å². The van der Waals surface area contributed by atoms with E-state index in [4.69, 9.17) is 4.74 Å². The summed E-state index contributed by atoms with van der Waals surface area (Å²) in [4.78, 5) is 22.2. The molecule has 0 N–H and O–H groups in total. The van der Waals surface area contributed by atoms with Crippen LogP contribution in [-0.4, -0.2) is 31.6 Å². The largest absolute Gasteiger partial charge is 0.466 e. The van der Waals surface area contributed by atoms with Crippen molar-refractivity contribution in [3.63, 3.8) is 0 Å². The summed E-state index contributed by atoms with van der Waals surface area (Å²) in [7, 11) is 0. The smallest absolute Gasteiger partial charge is 0.313 e. The minimum atomic E-state index is -0.474. The van der Waals surface area contributed by atoms with Crippen LogP contribution >= 0.6 is 0 Å². The molecule has 4 nitrogen and oxygen atoms in total. The molecule has 0 saturated carbocycles. The average molecular weight is 230 g/mol. The van der Waals surface area contributed by atoms with Gasteiger partial charge in [0.25, 0.3) is 0 Å². The monoisotopic (exact) mass is 230 g/mol. The van der Waals surface area contributed by atoms with Gasteiger partial charge in [-0.3, -0.25) is 9.59 Å². The van der Waals surface area contributed by atoms with Crippen LogP contribution in [0.4, 0.5) is 0 Å². The van der Waals surface area contributed by atoms with E-state index in [1.165, 1.54) is 0 Å². The zero-order valence-electron chi connectivity index (χ0n) is 10.5. The van der Waals surface area contributed by atoms with Crippen molar-refractivity contribution in [3.8, 4) is 0 Å². The van der Waals surface area contributed by atoms with Gasteiger partial charge in [-0.1, -0.05) is 20.3 Å². The summed E-state index contributed by atoms with van der Waals surface area (Å²) in [5.41, 5.74) is 0. The highest BCUT2D eigenvalue weighted by molar-refractivity contribution is 5.96. The van der Waals surface area contributed by atoms with E-state index in [1.54, 1.807) is 6.92 Å². The summed E-state index contributed by atoms with van der Waals surface area (Å²) in [6.45, 7) is 6.79. The number of hydrogen-bond acceptors (Lipinski definition) is 4. The fraction of sp³-hybridized carbons (Fsp3) is 0.833. The van der Waals surface area contributed by atoms with Crippen molar-refractivity contribution in [2.45, 2.75) is 40.0 Å². The van der Waals surface area contributed by atoms with Crippen LogP contribution in [0.25, 0.3) is 0 Å². The van der Waals surface area contributed by atoms with Gasteiger partial charge in [0, 0.05) is 6.61 Å². The molecule has 0 saturated heterocycles. The van der Waals surface area contributed by atoms with Crippen LogP contribution in [0, 0.1) is 5.92 Å². The number of ether oxygens (including phenoxy) is 2. The minimum absolute atomic E-state index is 0.00681. The molecule has 0 aromatic carbocycles. The predicted octanol–water partition coefficient (Wildman–Crippen LogP) is 1.96. The molecule has 0 aliphatic carbocycles. The van der Waals surface area contributed by atoms with Gasteiger partial charge < -0.3 is 9.47 Å². The van der Waals surface area contributed by atoms with E-state index in [-0.39, 0.29) is 18.8 Å². The van der Waals surface area contributed by atoms with Crippen molar-refractivity contribution in [1.82, 2.24) is 0 Å². The van der Waals surface area contributed by atoms with Gasteiger partial charge in [0.15, 0.2) is 5.78 Å². The van der Waals surface area contributed by atoms with Gasteiger partial charge in [-0.2, -0.15) is 0 Å². The molecule has 0 heterocycles. The molecule has 0 rings (SSSR count). The Balaban J connectivity index is 3.54. The molecule has 0 aromatic heterocycles. The molecule has 1 unspecified atom stereocenters. The van der Waals surface area contributed by atoms with Crippen LogP contribution in [-0.2, 0) is 19.1 Å². The fourth-order valence-corrected chi connectivity index (χ4v) is 1.37. The van der Waals surface area contributed by atoms with Crippen LogP contribution in [0.15, 0.2) is 0 Å². The van der Waals surface area contributed by atoms with Crippen LogP contribution in [0.3, 0.4) is 0 Å². The first-order chi connectivity index (χ1) is 7.60. The molecule has 0 amide bonds. The Bertz CT molecular complexity index is 213. The van der Waals surface area contributed by atoms with E-state index in [1.807, 2.05) is 0 Å². The second kappa shape index (κ2) is 9.33. The summed E-state index contributed by atoms with van der Waals surface area (Å²) in [5.74, 6) is -0.236. The van der Waals surface area contributed by atoms with E-state index in [0.29, 0.717) is 19.1 Å². The zero-order valence-corrected chi connectivity index (χ0v) is 10.5. The predicted molar refractivity (Wildman–Crippen MR) is 61.1 cm³/mol. The number of ketones is 1. The number of esters is 1. The van der Waals surface area contributed by atoms with Crippen LogP contribution in [0.5, 0.6) is 0 Å². The third-order valence-corrected chi connectivity index (χ3v) is 2.09. The molecule has 0 spiro atoms. The molecule has 0 radical (unpaired) electrons. The van der Waals surface area contributed by atoms with Crippen molar-refractivity contribution >= 4 is 11.8 Å². The first kappa shape index (κ1) is 15.1. The number of carbonyl (C=O) groups is 2. The van der Waals surface area contributed by atoms with Gasteiger partial charge in [0.05, 0.1) is 6.61 Å². The molecule has 0 aliphatic heterocycles. The molecule has 0 bridgehead atoms. The highest BCUT2D eigenvalue weighted by Crippen LogP contribution is 2.05. The zero-order chi connectivity index (χ0) is 12.4. The Morgan fingerprint density at radius 2 is 1.94 bits per heavy atom. The topological polar surface area (TPSA) is 52.6 Å². The third kappa shape index (κ3) is 8.41. The normalized spacial score (nSPS) is 12.2. The molecular weight excluding hydrogens is 208 g/mol.